The van der Waals surface area contributed by atoms with Gasteiger partial charge in [0.25, 0.3) is 0 Å². The molecule has 0 fully saturated rings. The van der Waals surface area contributed by atoms with Crippen LogP contribution in [0.25, 0.3) is 11.1 Å². The summed E-state index contributed by atoms with van der Waals surface area (Å²) < 4.78 is 26.3. The lowest BCUT2D eigenvalue weighted by Gasteiger charge is -2.09. The van der Waals surface area contributed by atoms with Crippen molar-refractivity contribution in [1.82, 2.24) is 0 Å². The molecular weight excluding hydrogens is 222 g/mol. The number of carbonyl (C=O) groups excluding carboxylic acids is 1. The van der Waals surface area contributed by atoms with Gasteiger partial charge in [0.15, 0.2) is 17.9 Å². The molecule has 0 aliphatic carbocycles. The van der Waals surface area contributed by atoms with E-state index in [4.69, 9.17) is 0 Å². The Labute approximate surface area is 97.7 Å². The summed E-state index contributed by atoms with van der Waals surface area (Å²) >= 11 is 0. The van der Waals surface area contributed by atoms with Gasteiger partial charge in [-0.05, 0) is 35.7 Å². The number of carbonyl (C=O) groups is 1. The molecule has 0 N–H and O–H groups in total. The largest absolute Gasteiger partial charge is 0.298 e. The first-order chi connectivity index (χ1) is 8.13. The van der Waals surface area contributed by atoms with Crippen LogP contribution in [-0.2, 0) is 0 Å². The van der Waals surface area contributed by atoms with Gasteiger partial charge in [-0.2, -0.15) is 0 Å². The molecule has 0 saturated carbocycles. The molecule has 3 heteroatoms. The zero-order valence-corrected chi connectivity index (χ0v) is 9.21. The minimum absolute atomic E-state index is 0.151. The SMILES string of the molecule is Cc1ccccc1-c1cc(F)c(F)cc1C=O. The van der Waals surface area contributed by atoms with Gasteiger partial charge in [-0.15, -0.1) is 0 Å². The maximum absolute atomic E-state index is 13.2. The third-order valence-corrected chi connectivity index (χ3v) is 2.65. The average Bonchev–Trinajstić information content (AvgIpc) is 2.33. The van der Waals surface area contributed by atoms with Crippen LogP contribution < -0.4 is 0 Å². The number of hydrogen-bond donors (Lipinski definition) is 0. The quantitative estimate of drug-likeness (QED) is 0.720. The fraction of sp³-hybridized carbons (Fsp3) is 0.0714. The van der Waals surface area contributed by atoms with Crippen molar-refractivity contribution in [2.24, 2.45) is 0 Å². The Morgan fingerprint density at radius 2 is 1.65 bits per heavy atom. The zero-order chi connectivity index (χ0) is 12.4. The maximum Gasteiger partial charge on any atom is 0.159 e. The van der Waals surface area contributed by atoms with Crippen molar-refractivity contribution in [2.75, 3.05) is 0 Å². The van der Waals surface area contributed by atoms with Gasteiger partial charge in [0.05, 0.1) is 0 Å². The molecule has 0 saturated heterocycles. The van der Waals surface area contributed by atoms with Crippen molar-refractivity contribution < 1.29 is 13.6 Å². The lowest BCUT2D eigenvalue weighted by Crippen LogP contribution is -1.94. The standard InChI is InChI=1S/C14H10F2O/c1-9-4-2-3-5-11(9)12-7-14(16)13(15)6-10(12)8-17/h2-8H,1H3. The first-order valence-corrected chi connectivity index (χ1v) is 5.13. The molecule has 0 unspecified atom stereocenters. The van der Waals surface area contributed by atoms with Crippen molar-refractivity contribution in [3.8, 4) is 11.1 Å². The average molecular weight is 232 g/mol. The summed E-state index contributed by atoms with van der Waals surface area (Å²) in [7, 11) is 0. The number of aryl methyl sites for hydroxylation is 1. The van der Waals surface area contributed by atoms with E-state index in [0.717, 1.165) is 23.3 Å². The molecule has 2 aromatic rings. The van der Waals surface area contributed by atoms with Crippen molar-refractivity contribution in [2.45, 2.75) is 6.92 Å². The zero-order valence-electron chi connectivity index (χ0n) is 9.21. The van der Waals surface area contributed by atoms with Crippen molar-refractivity contribution in [3.63, 3.8) is 0 Å². The highest BCUT2D eigenvalue weighted by molar-refractivity contribution is 5.88. The van der Waals surface area contributed by atoms with Gasteiger partial charge >= 0.3 is 0 Å². The summed E-state index contributed by atoms with van der Waals surface area (Å²) in [5.41, 5.74) is 2.20. The molecule has 2 aromatic carbocycles. The lowest BCUT2D eigenvalue weighted by atomic mass is 9.96. The van der Waals surface area contributed by atoms with Gasteiger partial charge in [-0.25, -0.2) is 8.78 Å². The maximum atomic E-state index is 13.2. The predicted octanol–water partition coefficient (Wildman–Crippen LogP) is 3.75. The van der Waals surface area contributed by atoms with Crippen LogP contribution in [-0.4, -0.2) is 6.29 Å². The van der Waals surface area contributed by atoms with Crippen LogP contribution in [0, 0.1) is 18.6 Å². The molecule has 0 aromatic heterocycles. The Morgan fingerprint density at radius 1 is 1.00 bits per heavy atom. The van der Waals surface area contributed by atoms with E-state index in [1.807, 2.05) is 19.1 Å². The fourth-order valence-corrected chi connectivity index (χ4v) is 1.77. The number of hydrogen-bond acceptors (Lipinski definition) is 1. The summed E-state index contributed by atoms with van der Waals surface area (Å²) in [4.78, 5) is 10.9. The highest BCUT2D eigenvalue weighted by Crippen LogP contribution is 2.27. The van der Waals surface area contributed by atoms with Crippen LogP contribution in [0.2, 0.25) is 0 Å². The molecule has 0 aliphatic heterocycles. The van der Waals surface area contributed by atoms with Gasteiger partial charge in [0.1, 0.15) is 0 Å². The van der Waals surface area contributed by atoms with Crippen LogP contribution in [0.5, 0.6) is 0 Å². The molecule has 0 radical (unpaired) electrons. The number of aldehydes is 1. The van der Waals surface area contributed by atoms with E-state index in [1.54, 1.807) is 12.1 Å². The molecule has 1 nitrogen and oxygen atoms in total. The molecule has 0 bridgehead atoms. The van der Waals surface area contributed by atoms with Gasteiger partial charge in [0, 0.05) is 5.56 Å². The van der Waals surface area contributed by atoms with Crippen LogP contribution in [0.15, 0.2) is 36.4 Å². The monoisotopic (exact) mass is 232 g/mol. The second-order valence-corrected chi connectivity index (χ2v) is 3.79. The number of rotatable bonds is 2. The highest BCUT2D eigenvalue weighted by Gasteiger charge is 2.12. The highest BCUT2D eigenvalue weighted by atomic mass is 19.2. The van der Waals surface area contributed by atoms with Crippen molar-refractivity contribution in [1.29, 1.82) is 0 Å². The molecule has 0 amide bonds. The van der Waals surface area contributed by atoms with Crippen LogP contribution >= 0.6 is 0 Å². The molecule has 86 valence electrons. The van der Waals surface area contributed by atoms with E-state index < -0.39 is 11.6 Å². The smallest absolute Gasteiger partial charge is 0.159 e. The predicted molar refractivity (Wildman–Crippen MR) is 61.9 cm³/mol. The summed E-state index contributed by atoms with van der Waals surface area (Å²) in [6.45, 7) is 1.85. The first-order valence-electron chi connectivity index (χ1n) is 5.13. The Kier molecular flexibility index (Phi) is 3.00. The van der Waals surface area contributed by atoms with Gasteiger partial charge < -0.3 is 0 Å². The lowest BCUT2D eigenvalue weighted by molar-refractivity contribution is 0.112. The van der Waals surface area contributed by atoms with Gasteiger partial charge in [-0.1, -0.05) is 24.3 Å². The minimum atomic E-state index is -1.01. The van der Waals surface area contributed by atoms with E-state index in [0.29, 0.717) is 11.8 Å². The number of halogens is 2. The Balaban J connectivity index is 2.71. The molecule has 17 heavy (non-hydrogen) atoms. The molecule has 0 spiro atoms. The third-order valence-electron chi connectivity index (χ3n) is 2.65. The van der Waals surface area contributed by atoms with Crippen LogP contribution in [0.1, 0.15) is 15.9 Å². The minimum Gasteiger partial charge on any atom is -0.298 e. The first kappa shape index (κ1) is 11.5. The second-order valence-electron chi connectivity index (χ2n) is 3.79. The van der Waals surface area contributed by atoms with E-state index >= 15 is 0 Å². The number of benzene rings is 2. The van der Waals surface area contributed by atoms with E-state index in [9.17, 15) is 13.6 Å². The molecule has 0 atom stereocenters. The summed E-state index contributed by atoms with van der Waals surface area (Å²) in [5, 5.41) is 0. The van der Waals surface area contributed by atoms with Crippen LogP contribution in [0.4, 0.5) is 8.78 Å². The third kappa shape index (κ3) is 2.09. The Hall–Kier alpha value is -2.03. The Bertz CT molecular complexity index is 576. The Morgan fingerprint density at radius 3 is 2.29 bits per heavy atom. The molecule has 0 aliphatic rings. The van der Waals surface area contributed by atoms with E-state index in [1.165, 1.54) is 0 Å². The molecule has 2 rings (SSSR count). The summed E-state index contributed by atoms with van der Waals surface area (Å²) in [6.07, 6.45) is 0.532. The van der Waals surface area contributed by atoms with E-state index in [2.05, 4.69) is 0 Å². The molecular formula is C14H10F2O. The topological polar surface area (TPSA) is 17.1 Å². The van der Waals surface area contributed by atoms with E-state index in [-0.39, 0.29) is 5.56 Å². The fourth-order valence-electron chi connectivity index (χ4n) is 1.77. The van der Waals surface area contributed by atoms with Gasteiger partial charge in [-0.3, -0.25) is 4.79 Å². The normalized spacial score (nSPS) is 10.3. The van der Waals surface area contributed by atoms with Crippen molar-refractivity contribution in [3.05, 3.63) is 59.2 Å². The molecule has 0 heterocycles. The summed E-state index contributed by atoms with van der Waals surface area (Å²) in [6, 6.07) is 9.24. The second kappa shape index (κ2) is 4.45. The van der Waals surface area contributed by atoms with Gasteiger partial charge in [0.2, 0.25) is 0 Å². The summed E-state index contributed by atoms with van der Waals surface area (Å²) in [5.74, 6) is -1.96. The van der Waals surface area contributed by atoms with Crippen molar-refractivity contribution >= 4 is 6.29 Å². The van der Waals surface area contributed by atoms with Crippen LogP contribution in [0.3, 0.4) is 0 Å².